The van der Waals surface area contributed by atoms with Gasteiger partial charge >= 0.3 is 0 Å². The van der Waals surface area contributed by atoms with E-state index in [1.165, 1.54) is 22.2 Å². The minimum absolute atomic E-state index is 0.827. The van der Waals surface area contributed by atoms with Crippen LogP contribution in [0.1, 0.15) is 11.3 Å². The first kappa shape index (κ1) is 28.2. The van der Waals surface area contributed by atoms with Crippen LogP contribution in [-0.4, -0.2) is 24.1 Å². The van der Waals surface area contributed by atoms with E-state index in [4.69, 9.17) is 9.97 Å². The molecule has 4 aromatic carbocycles. The predicted molar refractivity (Wildman–Crippen MR) is 203 cm³/mol. The molecule has 0 atom stereocenters. The lowest BCUT2D eigenvalue weighted by Crippen LogP contribution is -2.10. The van der Waals surface area contributed by atoms with Gasteiger partial charge in [-0.1, -0.05) is 72.8 Å². The minimum Gasteiger partial charge on any atom is -0.387 e. The average Bonchev–Trinajstić information content (AvgIpc) is 3.71. The third kappa shape index (κ3) is 4.54. The highest BCUT2D eigenvalue weighted by atomic mass is 15.0. The maximum Gasteiger partial charge on any atom is 0.0963 e. The Kier molecular flexibility index (Phi) is 6.45. The van der Waals surface area contributed by atoms with Gasteiger partial charge in [0, 0.05) is 64.0 Å². The van der Waals surface area contributed by atoms with Gasteiger partial charge < -0.3 is 14.5 Å². The highest BCUT2D eigenvalue weighted by Gasteiger charge is 2.18. The average molecular weight is 643 g/mol. The van der Waals surface area contributed by atoms with E-state index in [1.807, 2.05) is 36.9 Å². The molecule has 0 aliphatic carbocycles. The summed E-state index contributed by atoms with van der Waals surface area (Å²) in [4.78, 5) is 14.3. The summed E-state index contributed by atoms with van der Waals surface area (Å²) in [5, 5.41) is 5.81. The Hall–Kier alpha value is -6.79. The normalized spacial score (nSPS) is 12.4. The molecule has 0 spiro atoms. The van der Waals surface area contributed by atoms with E-state index in [0.717, 1.165) is 73.5 Å². The lowest BCUT2D eigenvalue weighted by molar-refractivity contribution is 0.855. The maximum absolute atomic E-state index is 4.83. The molecule has 0 radical (unpaired) electrons. The Morgan fingerprint density at radius 3 is 1.94 bits per heavy atom. The van der Waals surface area contributed by atoms with Gasteiger partial charge in [0.1, 0.15) is 0 Å². The molecule has 5 aromatic heterocycles. The number of rotatable bonds is 5. The van der Waals surface area contributed by atoms with Crippen molar-refractivity contribution in [1.29, 1.82) is 0 Å². The number of fused-ring (bicyclic) bond motifs is 6. The topological polar surface area (TPSA) is 60.6 Å². The standard InChI is InChI=1S/C44H30N6/c1-3-11-40-35(9-1)37-28-45-24-22-42(37)50(40)34-8-5-7-30(25-34)32-17-21-39(48-27-32)38-20-16-31(26-47-38)29-14-18-33(19-15-29)49-41-12-4-2-10-36(41)44-43(49)13-6-23-46-44/h1-27,45H,28H2. The molecule has 10 rings (SSSR count). The van der Waals surface area contributed by atoms with Gasteiger partial charge in [-0.15, -0.1) is 0 Å². The highest BCUT2D eigenvalue weighted by molar-refractivity contribution is 6.07. The monoisotopic (exact) mass is 642 g/mol. The molecule has 0 bridgehead atoms. The molecule has 1 N–H and O–H groups in total. The quantitative estimate of drug-likeness (QED) is 0.203. The van der Waals surface area contributed by atoms with E-state index < -0.39 is 0 Å². The molecule has 6 nitrogen and oxygen atoms in total. The molecule has 0 fully saturated rings. The number of nitrogens with zero attached hydrogens (tertiary/aromatic N) is 5. The van der Waals surface area contributed by atoms with Gasteiger partial charge in [0.2, 0.25) is 0 Å². The van der Waals surface area contributed by atoms with E-state index in [9.17, 15) is 0 Å². The van der Waals surface area contributed by atoms with Crippen LogP contribution in [0.25, 0.3) is 83.9 Å². The second-order valence-corrected chi connectivity index (χ2v) is 12.6. The van der Waals surface area contributed by atoms with Crippen molar-refractivity contribution in [2.24, 2.45) is 0 Å². The van der Waals surface area contributed by atoms with Gasteiger partial charge in [-0.05, 0) is 84.1 Å². The fraction of sp³-hybridized carbons (Fsp3) is 0.0227. The number of benzene rings is 4. The van der Waals surface area contributed by atoms with Gasteiger partial charge in [-0.2, -0.15) is 0 Å². The van der Waals surface area contributed by atoms with Gasteiger partial charge in [0.15, 0.2) is 0 Å². The number of para-hydroxylation sites is 2. The van der Waals surface area contributed by atoms with Crippen molar-refractivity contribution in [3.63, 3.8) is 0 Å². The summed E-state index contributed by atoms with van der Waals surface area (Å²) in [6.45, 7) is 0.827. The first-order valence-electron chi connectivity index (χ1n) is 16.8. The summed E-state index contributed by atoms with van der Waals surface area (Å²) < 4.78 is 4.63. The molecule has 0 unspecified atom stereocenters. The second kappa shape index (κ2) is 11.4. The molecule has 50 heavy (non-hydrogen) atoms. The zero-order valence-electron chi connectivity index (χ0n) is 27.0. The fourth-order valence-electron chi connectivity index (χ4n) is 7.39. The van der Waals surface area contributed by atoms with Crippen LogP contribution in [0.3, 0.4) is 0 Å². The first-order chi connectivity index (χ1) is 24.8. The predicted octanol–water partition coefficient (Wildman–Crippen LogP) is 9.99. The van der Waals surface area contributed by atoms with Crippen LogP contribution in [0.5, 0.6) is 0 Å². The summed E-state index contributed by atoms with van der Waals surface area (Å²) >= 11 is 0. The number of hydrogen-bond acceptors (Lipinski definition) is 4. The molecular formula is C44H30N6. The lowest BCUT2D eigenvalue weighted by atomic mass is 10.0. The van der Waals surface area contributed by atoms with Gasteiger partial charge in [-0.25, -0.2) is 0 Å². The van der Waals surface area contributed by atoms with Crippen LogP contribution in [0.4, 0.5) is 0 Å². The zero-order chi connectivity index (χ0) is 33.0. The number of aromatic nitrogens is 5. The number of nitrogens with one attached hydrogen (secondary N) is 1. The summed E-state index contributed by atoms with van der Waals surface area (Å²) in [6.07, 6.45) is 9.93. The van der Waals surface area contributed by atoms with Gasteiger partial charge in [0.05, 0.1) is 39.1 Å². The van der Waals surface area contributed by atoms with Crippen LogP contribution in [0, 0.1) is 0 Å². The smallest absolute Gasteiger partial charge is 0.0963 e. The molecule has 0 amide bonds. The van der Waals surface area contributed by atoms with E-state index in [1.54, 1.807) is 0 Å². The number of pyridine rings is 3. The molecule has 1 aliphatic heterocycles. The van der Waals surface area contributed by atoms with E-state index >= 15 is 0 Å². The van der Waals surface area contributed by atoms with Gasteiger partial charge in [-0.3, -0.25) is 15.0 Å². The molecule has 0 saturated carbocycles. The summed E-state index contributed by atoms with van der Waals surface area (Å²) in [5.74, 6) is 0. The third-order valence-electron chi connectivity index (χ3n) is 9.77. The Labute approximate surface area is 288 Å². The fourth-order valence-corrected chi connectivity index (χ4v) is 7.39. The Morgan fingerprint density at radius 1 is 0.500 bits per heavy atom. The van der Waals surface area contributed by atoms with Crippen LogP contribution in [-0.2, 0) is 6.54 Å². The van der Waals surface area contributed by atoms with Crippen LogP contribution in [0.2, 0.25) is 0 Å². The molecular weight excluding hydrogens is 613 g/mol. The number of hydrogen-bond donors (Lipinski definition) is 1. The van der Waals surface area contributed by atoms with Crippen molar-refractivity contribution in [3.8, 4) is 45.0 Å². The van der Waals surface area contributed by atoms with Crippen molar-refractivity contribution in [2.45, 2.75) is 6.54 Å². The van der Waals surface area contributed by atoms with Crippen LogP contribution in [0.15, 0.2) is 158 Å². The van der Waals surface area contributed by atoms with E-state index in [2.05, 4.69) is 147 Å². The lowest BCUT2D eigenvalue weighted by Gasteiger charge is -2.14. The summed E-state index contributed by atoms with van der Waals surface area (Å²) in [5.41, 5.74) is 15.3. The molecule has 6 heterocycles. The molecule has 6 heteroatoms. The van der Waals surface area contributed by atoms with Crippen molar-refractivity contribution in [2.75, 3.05) is 0 Å². The SMILES string of the molecule is C1=Cc2c(c3ccccc3n2-c2cccc(-c3ccc(-c4ccc(-c5ccc(-n6c7ccccc7c7ncccc76)cc5)cn4)nc3)c2)CN1. The second-order valence-electron chi connectivity index (χ2n) is 12.6. The van der Waals surface area contributed by atoms with Crippen LogP contribution < -0.4 is 5.32 Å². The summed E-state index contributed by atoms with van der Waals surface area (Å²) in [7, 11) is 0. The molecule has 0 saturated heterocycles. The van der Waals surface area contributed by atoms with Crippen molar-refractivity contribution >= 4 is 38.9 Å². The minimum atomic E-state index is 0.827. The first-order valence-corrected chi connectivity index (χ1v) is 16.8. The highest BCUT2D eigenvalue weighted by Crippen LogP contribution is 2.34. The molecule has 1 aliphatic rings. The van der Waals surface area contributed by atoms with Crippen molar-refractivity contribution in [3.05, 3.63) is 170 Å². The third-order valence-corrected chi connectivity index (χ3v) is 9.77. The molecule has 236 valence electrons. The molecule has 9 aromatic rings. The van der Waals surface area contributed by atoms with Crippen LogP contribution >= 0.6 is 0 Å². The van der Waals surface area contributed by atoms with Gasteiger partial charge in [0.25, 0.3) is 0 Å². The Morgan fingerprint density at radius 2 is 1.18 bits per heavy atom. The zero-order valence-corrected chi connectivity index (χ0v) is 27.0. The van der Waals surface area contributed by atoms with E-state index in [0.29, 0.717) is 0 Å². The Balaban J connectivity index is 0.915. The van der Waals surface area contributed by atoms with Crippen molar-refractivity contribution < 1.29 is 0 Å². The largest absolute Gasteiger partial charge is 0.387 e. The van der Waals surface area contributed by atoms with Crippen molar-refractivity contribution in [1.82, 2.24) is 29.4 Å². The van der Waals surface area contributed by atoms with E-state index in [-0.39, 0.29) is 0 Å². The maximum atomic E-state index is 4.83. The Bertz CT molecular complexity index is 2680. The summed E-state index contributed by atoms with van der Waals surface area (Å²) in [6, 6.07) is 46.9.